The second-order valence-electron chi connectivity index (χ2n) is 4.49. The minimum Gasteiger partial charge on any atom is -0.326 e. The molecule has 0 unspecified atom stereocenters. The van der Waals surface area contributed by atoms with Gasteiger partial charge in [-0.15, -0.1) is 0 Å². The molecule has 100 valence electrons. The molecule has 0 saturated heterocycles. The van der Waals surface area contributed by atoms with Gasteiger partial charge in [0.05, 0.1) is 11.4 Å². The first-order valence-corrected chi connectivity index (χ1v) is 6.75. The van der Waals surface area contributed by atoms with E-state index in [-0.39, 0.29) is 0 Å². The van der Waals surface area contributed by atoms with E-state index in [4.69, 9.17) is 17.3 Å². The first-order valence-electron chi connectivity index (χ1n) is 6.38. The SMILES string of the molecule is NCc1cn(-c2ccccc2)nc1-c1ccc(Cl)cc1. The molecule has 0 saturated carbocycles. The number of hydrogen-bond acceptors (Lipinski definition) is 2. The summed E-state index contributed by atoms with van der Waals surface area (Å²) in [5, 5.41) is 5.36. The maximum atomic E-state index is 5.92. The molecule has 3 nitrogen and oxygen atoms in total. The summed E-state index contributed by atoms with van der Waals surface area (Å²) in [6.45, 7) is 0.449. The molecule has 0 fully saturated rings. The molecule has 1 aromatic heterocycles. The second-order valence-corrected chi connectivity index (χ2v) is 4.93. The predicted molar refractivity (Wildman–Crippen MR) is 81.9 cm³/mol. The van der Waals surface area contributed by atoms with Gasteiger partial charge in [-0.2, -0.15) is 5.10 Å². The van der Waals surface area contributed by atoms with Gasteiger partial charge in [0, 0.05) is 28.9 Å². The Morgan fingerprint density at radius 1 is 1.00 bits per heavy atom. The highest BCUT2D eigenvalue weighted by atomic mass is 35.5. The van der Waals surface area contributed by atoms with Gasteiger partial charge >= 0.3 is 0 Å². The van der Waals surface area contributed by atoms with Crippen molar-refractivity contribution in [2.24, 2.45) is 5.73 Å². The van der Waals surface area contributed by atoms with Crippen molar-refractivity contribution in [1.82, 2.24) is 9.78 Å². The molecule has 3 aromatic rings. The molecule has 0 radical (unpaired) electrons. The van der Waals surface area contributed by atoms with Crippen LogP contribution in [0.2, 0.25) is 5.02 Å². The Hall–Kier alpha value is -2.10. The largest absolute Gasteiger partial charge is 0.326 e. The molecule has 0 bridgehead atoms. The quantitative estimate of drug-likeness (QED) is 0.797. The summed E-state index contributed by atoms with van der Waals surface area (Å²) < 4.78 is 1.85. The first kappa shape index (κ1) is 12.9. The Balaban J connectivity index is 2.07. The normalized spacial score (nSPS) is 10.7. The maximum absolute atomic E-state index is 5.92. The molecule has 3 rings (SSSR count). The van der Waals surface area contributed by atoms with Crippen molar-refractivity contribution >= 4 is 11.6 Å². The highest BCUT2D eigenvalue weighted by Crippen LogP contribution is 2.24. The maximum Gasteiger partial charge on any atom is 0.0972 e. The molecular weight excluding hydrogens is 270 g/mol. The van der Waals surface area contributed by atoms with E-state index in [9.17, 15) is 0 Å². The molecule has 0 amide bonds. The Bertz CT molecular complexity index is 702. The Labute approximate surface area is 122 Å². The summed E-state index contributed by atoms with van der Waals surface area (Å²) >= 11 is 5.92. The molecule has 20 heavy (non-hydrogen) atoms. The Morgan fingerprint density at radius 2 is 1.70 bits per heavy atom. The van der Waals surface area contributed by atoms with Gasteiger partial charge in [0.2, 0.25) is 0 Å². The highest BCUT2D eigenvalue weighted by molar-refractivity contribution is 6.30. The minimum atomic E-state index is 0.449. The molecule has 0 aliphatic heterocycles. The molecule has 2 aromatic carbocycles. The van der Waals surface area contributed by atoms with Gasteiger partial charge in [-0.1, -0.05) is 41.9 Å². The lowest BCUT2D eigenvalue weighted by molar-refractivity contribution is 0.883. The molecule has 0 aliphatic rings. The predicted octanol–water partition coefficient (Wildman–Crippen LogP) is 3.65. The summed E-state index contributed by atoms with van der Waals surface area (Å²) in [7, 11) is 0. The van der Waals surface area contributed by atoms with Gasteiger partial charge in [0.1, 0.15) is 0 Å². The second kappa shape index (κ2) is 5.49. The van der Waals surface area contributed by atoms with E-state index >= 15 is 0 Å². The fourth-order valence-corrected chi connectivity index (χ4v) is 2.25. The highest BCUT2D eigenvalue weighted by Gasteiger charge is 2.10. The van der Waals surface area contributed by atoms with Gasteiger partial charge in [-0.25, -0.2) is 4.68 Å². The average molecular weight is 284 g/mol. The van der Waals surface area contributed by atoms with Crippen LogP contribution in [0.15, 0.2) is 60.8 Å². The van der Waals surface area contributed by atoms with Crippen molar-refractivity contribution in [3.63, 3.8) is 0 Å². The summed E-state index contributed by atoms with van der Waals surface area (Å²) in [6, 6.07) is 17.6. The third kappa shape index (κ3) is 2.46. The minimum absolute atomic E-state index is 0.449. The van der Waals surface area contributed by atoms with Crippen LogP contribution in [-0.4, -0.2) is 9.78 Å². The lowest BCUT2D eigenvalue weighted by Gasteiger charge is -2.01. The smallest absolute Gasteiger partial charge is 0.0972 e. The van der Waals surface area contributed by atoms with Gasteiger partial charge in [0.25, 0.3) is 0 Å². The van der Waals surface area contributed by atoms with Gasteiger partial charge in [0.15, 0.2) is 0 Å². The zero-order chi connectivity index (χ0) is 13.9. The Morgan fingerprint density at radius 3 is 2.35 bits per heavy atom. The van der Waals surface area contributed by atoms with E-state index in [1.165, 1.54) is 0 Å². The lowest BCUT2D eigenvalue weighted by Crippen LogP contribution is -1.96. The monoisotopic (exact) mass is 283 g/mol. The number of rotatable bonds is 3. The van der Waals surface area contributed by atoms with Crippen LogP contribution in [-0.2, 0) is 6.54 Å². The summed E-state index contributed by atoms with van der Waals surface area (Å²) in [5.74, 6) is 0. The topological polar surface area (TPSA) is 43.8 Å². The van der Waals surface area contributed by atoms with E-state index in [2.05, 4.69) is 5.10 Å². The number of nitrogens with zero attached hydrogens (tertiary/aromatic N) is 2. The molecule has 0 aliphatic carbocycles. The van der Waals surface area contributed by atoms with Crippen LogP contribution >= 0.6 is 11.6 Å². The van der Waals surface area contributed by atoms with Crippen molar-refractivity contribution in [2.45, 2.75) is 6.54 Å². The summed E-state index contributed by atoms with van der Waals surface area (Å²) in [5.41, 5.74) is 9.77. The zero-order valence-corrected chi connectivity index (χ0v) is 11.6. The molecular formula is C16H14ClN3. The van der Waals surface area contributed by atoms with Crippen LogP contribution in [0, 0.1) is 0 Å². The fourth-order valence-electron chi connectivity index (χ4n) is 2.12. The van der Waals surface area contributed by atoms with Crippen LogP contribution < -0.4 is 5.73 Å². The third-order valence-corrected chi connectivity index (χ3v) is 3.40. The third-order valence-electron chi connectivity index (χ3n) is 3.15. The first-order chi connectivity index (χ1) is 9.78. The van der Waals surface area contributed by atoms with E-state index in [0.717, 1.165) is 22.5 Å². The average Bonchev–Trinajstić information content (AvgIpc) is 2.93. The number of aromatic nitrogens is 2. The van der Waals surface area contributed by atoms with E-state index in [1.54, 1.807) is 0 Å². The zero-order valence-electron chi connectivity index (χ0n) is 10.8. The molecule has 2 N–H and O–H groups in total. The number of benzene rings is 2. The van der Waals surface area contributed by atoms with Crippen molar-refractivity contribution in [1.29, 1.82) is 0 Å². The van der Waals surface area contributed by atoms with Crippen LogP contribution in [0.4, 0.5) is 0 Å². The van der Waals surface area contributed by atoms with Gasteiger partial charge in [-0.3, -0.25) is 0 Å². The number of halogens is 1. The van der Waals surface area contributed by atoms with Crippen molar-refractivity contribution in [2.75, 3.05) is 0 Å². The van der Waals surface area contributed by atoms with Crippen LogP contribution in [0.25, 0.3) is 16.9 Å². The van der Waals surface area contributed by atoms with E-state index in [1.807, 2.05) is 65.5 Å². The summed E-state index contributed by atoms with van der Waals surface area (Å²) in [6.07, 6.45) is 1.97. The van der Waals surface area contributed by atoms with Crippen molar-refractivity contribution < 1.29 is 0 Å². The van der Waals surface area contributed by atoms with E-state index in [0.29, 0.717) is 11.6 Å². The van der Waals surface area contributed by atoms with Gasteiger partial charge < -0.3 is 5.73 Å². The van der Waals surface area contributed by atoms with Crippen molar-refractivity contribution in [3.8, 4) is 16.9 Å². The number of nitrogens with two attached hydrogens (primary N) is 1. The Kier molecular flexibility index (Phi) is 3.54. The summed E-state index contributed by atoms with van der Waals surface area (Å²) in [4.78, 5) is 0. The standard InChI is InChI=1S/C16H14ClN3/c17-14-8-6-12(7-9-14)16-13(10-18)11-20(19-16)15-4-2-1-3-5-15/h1-9,11H,10,18H2. The molecule has 1 heterocycles. The van der Waals surface area contributed by atoms with Crippen LogP contribution in [0.5, 0.6) is 0 Å². The molecule has 0 atom stereocenters. The number of para-hydroxylation sites is 1. The van der Waals surface area contributed by atoms with Crippen molar-refractivity contribution in [3.05, 3.63) is 71.4 Å². The fraction of sp³-hybridized carbons (Fsp3) is 0.0625. The molecule has 0 spiro atoms. The van der Waals surface area contributed by atoms with Gasteiger partial charge in [-0.05, 0) is 24.3 Å². The number of hydrogen-bond donors (Lipinski definition) is 1. The lowest BCUT2D eigenvalue weighted by atomic mass is 10.1. The van der Waals surface area contributed by atoms with Crippen LogP contribution in [0.3, 0.4) is 0 Å². The van der Waals surface area contributed by atoms with Crippen LogP contribution in [0.1, 0.15) is 5.56 Å². The van der Waals surface area contributed by atoms with E-state index < -0.39 is 0 Å². The molecule has 4 heteroatoms.